The Morgan fingerprint density at radius 3 is 2.28 bits per heavy atom. The van der Waals surface area contributed by atoms with E-state index in [1.54, 1.807) is 24.3 Å². The quantitative estimate of drug-likeness (QED) is 0.688. The van der Waals surface area contributed by atoms with E-state index in [2.05, 4.69) is 14.9 Å². The predicted molar refractivity (Wildman–Crippen MR) is 110 cm³/mol. The summed E-state index contributed by atoms with van der Waals surface area (Å²) in [6.45, 7) is 5.56. The molecule has 0 unspecified atom stereocenters. The molecule has 29 heavy (non-hydrogen) atoms. The van der Waals surface area contributed by atoms with E-state index >= 15 is 0 Å². The molecule has 2 amide bonds. The van der Waals surface area contributed by atoms with Gasteiger partial charge in [-0.15, -0.1) is 5.10 Å². The van der Waals surface area contributed by atoms with Crippen LogP contribution in [0, 0.1) is 5.82 Å². The van der Waals surface area contributed by atoms with Crippen LogP contribution >= 0.6 is 11.5 Å². The monoisotopic (exact) mass is 412 g/mol. The van der Waals surface area contributed by atoms with Gasteiger partial charge in [-0.3, -0.25) is 14.5 Å². The Kier molecular flexibility index (Phi) is 6.03. The Morgan fingerprint density at radius 2 is 1.72 bits per heavy atom. The lowest BCUT2D eigenvalue weighted by atomic mass is 10.0. The van der Waals surface area contributed by atoms with Crippen LogP contribution in [0.4, 0.5) is 10.1 Å². The number of nitrogens with zero attached hydrogens (tertiary/aromatic N) is 3. The van der Waals surface area contributed by atoms with Gasteiger partial charge < -0.3 is 5.32 Å². The number of hydrogen-bond acceptors (Lipinski definition) is 5. The summed E-state index contributed by atoms with van der Waals surface area (Å²) in [5.74, 6) is -1.28. The average molecular weight is 412 g/mol. The van der Waals surface area contributed by atoms with Gasteiger partial charge in [0.05, 0.1) is 0 Å². The van der Waals surface area contributed by atoms with Gasteiger partial charge in [0.15, 0.2) is 5.69 Å². The largest absolute Gasteiger partial charge is 0.349 e. The van der Waals surface area contributed by atoms with Crippen LogP contribution in [0.25, 0.3) is 0 Å². The maximum absolute atomic E-state index is 13.5. The van der Waals surface area contributed by atoms with Gasteiger partial charge in [-0.2, -0.15) is 0 Å². The molecule has 0 aliphatic heterocycles. The van der Waals surface area contributed by atoms with Crippen molar-refractivity contribution in [2.45, 2.75) is 32.4 Å². The van der Waals surface area contributed by atoms with Crippen molar-refractivity contribution in [1.82, 2.24) is 14.9 Å². The van der Waals surface area contributed by atoms with Crippen LogP contribution in [0.15, 0.2) is 60.0 Å². The van der Waals surface area contributed by atoms with Crippen molar-refractivity contribution in [3.05, 3.63) is 77.1 Å². The van der Waals surface area contributed by atoms with Crippen LogP contribution in [0.5, 0.6) is 0 Å². The van der Waals surface area contributed by atoms with E-state index in [9.17, 15) is 14.0 Å². The van der Waals surface area contributed by atoms with Crippen LogP contribution in [0.3, 0.4) is 0 Å². The van der Waals surface area contributed by atoms with E-state index in [-0.39, 0.29) is 11.6 Å². The van der Waals surface area contributed by atoms with Crippen LogP contribution in [0.2, 0.25) is 0 Å². The number of para-hydroxylation sites is 1. The molecule has 2 aromatic carbocycles. The number of rotatable bonds is 5. The molecule has 0 radical (unpaired) electrons. The molecule has 0 spiro atoms. The molecule has 0 aliphatic rings. The molecule has 3 rings (SSSR count). The maximum Gasteiger partial charge on any atom is 0.280 e. The number of nitrogens with one attached hydrogen (secondary N) is 1. The third-order valence-corrected chi connectivity index (χ3v) is 4.53. The second-order valence-electron chi connectivity index (χ2n) is 7.49. The lowest BCUT2D eigenvalue weighted by molar-refractivity contribution is -0.123. The maximum atomic E-state index is 13.5. The van der Waals surface area contributed by atoms with Crippen molar-refractivity contribution in [1.29, 1.82) is 0 Å². The minimum absolute atomic E-state index is 0.134. The predicted octanol–water partition coefficient (Wildman–Crippen LogP) is 3.98. The smallest absolute Gasteiger partial charge is 0.280 e. The highest BCUT2D eigenvalue weighted by Gasteiger charge is 2.35. The molecule has 0 fully saturated rings. The van der Waals surface area contributed by atoms with E-state index < -0.39 is 23.3 Å². The Labute approximate surface area is 172 Å². The molecular weight excluding hydrogens is 391 g/mol. The van der Waals surface area contributed by atoms with Crippen LogP contribution < -0.4 is 10.2 Å². The fourth-order valence-corrected chi connectivity index (χ4v) is 3.28. The number of hydrogen-bond donors (Lipinski definition) is 1. The number of carbonyl (C=O) groups is 2. The molecule has 0 saturated heterocycles. The zero-order chi connectivity index (χ0) is 21.0. The first kappa shape index (κ1) is 20.6. The Balaban J connectivity index is 2.15. The molecule has 1 atom stereocenters. The Hall–Kier alpha value is -3.13. The topological polar surface area (TPSA) is 75.2 Å². The highest BCUT2D eigenvalue weighted by Crippen LogP contribution is 2.30. The Bertz CT molecular complexity index is 970. The van der Waals surface area contributed by atoms with E-state index in [0.29, 0.717) is 11.3 Å². The van der Waals surface area contributed by atoms with Crippen molar-refractivity contribution in [3.63, 3.8) is 0 Å². The van der Waals surface area contributed by atoms with Crippen LogP contribution in [0.1, 0.15) is 42.9 Å². The zero-order valence-electron chi connectivity index (χ0n) is 16.3. The van der Waals surface area contributed by atoms with Gasteiger partial charge in [-0.25, -0.2) is 4.39 Å². The number of aromatic nitrogens is 2. The average Bonchev–Trinajstić information content (AvgIpc) is 3.20. The molecule has 1 aromatic heterocycles. The van der Waals surface area contributed by atoms with E-state index in [4.69, 9.17) is 0 Å². The van der Waals surface area contributed by atoms with Crippen LogP contribution in [-0.2, 0) is 4.79 Å². The van der Waals surface area contributed by atoms with E-state index in [0.717, 1.165) is 11.5 Å². The first-order chi connectivity index (χ1) is 13.8. The van der Waals surface area contributed by atoms with Crippen molar-refractivity contribution >= 4 is 29.0 Å². The molecule has 0 aliphatic carbocycles. The minimum atomic E-state index is -1.02. The molecule has 0 saturated carbocycles. The number of halogens is 1. The molecule has 1 N–H and O–H groups in total. The summed E-state index contributed by atoms with van der Waals surface area (Å²) in [5, 5.41) is 8.32. The first-order valence-electron chi connectivity index (χ1n) is 8.99. The molecule has 8 heteroatoms. The SMILES string of the molecule is CC(C)(C)NC(=O)[C@@H](c1ccc(F)cc1)N(C(=O)c1csnn1)c1ccccc1. The Morgan fingerprint density at radius 1 is 1.07 bits per heavy atom. The molecule has 150 valence electrons. The van der Waals surface area contributed by atoms with Crippen LogP contribution in [-0.4, -0.2) is 26.9 Å². The van der Waals surface area contributed by atoms with Crippen molar-refractivity contribution in [3.8, 4) is 0 Å². The third-order valence-electron chi connectivity index (χ3n) is 4.02. The first-order valence-corrected chi connectivity index (χ1v) is 9.83. The number of carbonyl (C=O) groups excluding carboxylic acids is 2. The second-order valence-corrected chi connectivity index (χ2v) is 8.10. The normalized spacial score (nSPS) is 12.3. The van der Waals surface area contributed by atoms with Gasteiger partial charge in [-0.05, 0) is 62.1 Å². The third kappa shape index (κ3) is 5.03. The number of benzene rings is 2. The zero-order valence-corrected chi connectivity index (χ0v) is 17.1. The fraction of sp³-hybridized carbons (Fsp3) is 0.238. The minimum Gasteiger partial charge on any atom is -0.349 e. The molecule has 1 heterocycles. The fourth-order valence-electron chi connectivity index (χ4n) is 2.85. The lowest BCUT2D eigenvalue weighted by Crippen LogP contribution is -2.49. The molecular formula is C21H21FN4O2S. The van der Waals surface area contributed by atoms with Gasteiger partial charge >= 0.3 is 0 Å². The summed E-state index contributed by atoms with van der Waals surface area (Å²) in [4.78, 5) is 28.0. The summed E-state index contributed by atoms with van der Waals surface area (Å²) < 4.78 is 17.3. The highest BCUT2D eigenvalue weighted by molar-refractivity contribution is 7.03. The van der Waals surface area contributed by atoms with E-state index in [1.165, 1.54) is 34.5 Å². The summed E-state index contributed by atoms with van der Waals surface area (Å²) >= 11 is 1.05. The van der Waals surface area contributed by atoms with E-state index in [1.807, 2.05) is 26.8 Å². The highest BCUT2D eigenvalue weighted by atomic mass is 32.1. The van der Waals surface area contributed by atoms with Gasteiger partial charge in [0.2, 0.25) is 5.91 Å². The van der Waals surface area contributed by atoms with Crippen molar-refractivity contribution in [2.75, 3.05) is 4.90 Å². The molecule has 3 aromatic rings. The summed E-state index contributed by atoms with van der Waals surface area (Å²) in [7, 11) is 0. The standard InChI is InChI=1S/C21H21FN4O2S/c1-21(2,3)23-19(27)18(14-9-11-15(22)12-10-14)26(16-7-5-4-6-8-16)20(28)17-13-29-25-24-17/h4-13,18H,1-3H3,(H,23,27)/t18-/m1/s1. The van der Waals surface area contributed by atoms with Crippen molar-refractivity contribution < 1.29 is 14.0 Å². The van der Waals surface area contributed by atoms with Gasteiger partial charge in [-0.1, -0.05) is 34.8 Å². The summed E-state index contributed by atoms with van der Waals surface area (Å²) in [6.07, 6.45) is 0. The lowest BCUT2D eigenvalue weighted by Gasteiger charge is -2.33. The molecule has 6 nitrogen and oxygen atoms in total. The van der Waals surface area contributed by atoms with Gasteiger partial charge in [0.25, 0.3) is 5.91 Å². The second kappa shape index (κ2) is 8.48. The summed E-state index contributed by atoms with van der Waals surface area (Å²) in [5.41, 5.74) is 0.607. The number of amides is 2. The number of anilines is 1. The van der Waals surface area contributed by atoms with Gasteiger partial charge in [0.1, 0.15) is 11.9 Å². The van der Waals surface area contributed by atoms with Gasteiger partial charge in [0, 0.05) is 16.6 Å². The van der Waals surface area contributed by atoms with Crippen molar-refractivity contribution in [2.24, 2.45) is 0 Å². The molecule has 0 bridgehead atoms. The summed E-state index contributed by atoms with van der Waals surface area (Å²) in [6, 6.07) is 13.4.